The Hall–Kier alpha value is -5.46. The van der Waals surface area contributed by atoms with Crippen LogP contribution in [0.15, 0.2) is 121 Å². The van der Waals surface area contributed by atoms with Gasteiger partial charge in [-0.1, -0.05) is 78.9 Å². The number of ether oxygens (including phenoxy) is 2. The fourth-order valence-corrected chi connectivity index (χ4v) is 8.01. The van der Waals surface area contributed by atoms with E-state index in [1.165, 1.54) is 22.3 Å². The van der Waals surface area contributed by atoms with E-state index < -0.39 is 5.41 Å². The second-order valence-corrected chi connectivity index (χ2v) is 12.1. The van der Waals surface area contributed by atoms with Crippen molar-refractivity contribution in [3.63, 3.8) is 0 Å². The molecule has 6 aromatic rings. The lowest BCUT2D eigenvalue weighted by molar-refractivity contribution is 0.397. The minimum absolute atomic E-state index is 0.0152. The van der Waals surface area contributed by atoms with Crippen molar-refractivity contribution in [2.45, 2.75) is 18.0 Å². The number of nitrogens with one attached hydrogen (secondary N) is 3. The number of aromatic nitrogens is 1. The Kier molecular flexibility index (Phi) is 5.14. The monoisotopic (exact) mass is 586 g/mol. The second-order valence-electron chi connectivity index (χ2n) is 12.1. The maximum Gasteiger partial charge on any atom is 0.134 e. The number of anilines is 1. The fraction of sp³-hybridized carbons (Fsp3) is 0.128. The van der Waals surface area contributed by atoms with E-state index in [1.807, 2.05) is 6.20 Å². The van der Waals surface area contributed by atoms with Gasteiger partial charge in [-0.25, -0.2) is 0 Å². The molecule has 45 heavy (non-hydrogen) atoms. The average molecular weight is 587 g/mol. The highest BCUT2D eigenvalue weighted by Gasteiger charge is 2.50. The van der Waals surface area contributed by atoms with E-state index in [9.17, 15) is 0 Å². The molecular weight excluding hydrogens is 556 g/mol. The van der Waals surface area contributed by atoms with E-state index in [1.54, 1.807) is 0 Å². The standard InChI is InChI=1S/C39H30N4O2/c1-4-11-31-26(8-1)37-32(18-21-40-37)43(31)25-15-17-30-36(23-25)45-34-13-6-3-10-28(34)39(30)27-9-2-5-12-33(27)44-35-22-24(14-16-29(35)39)38-41-19-7-20-42-38/h1-17,19,22-23,38,40-42H,18,20-21H2. The highest BCUT2D eigenvalue weighted by molar-refractivity contribution is 5.97. The smallest absolute Gasteiger partial charge is 0.134 e. The molecule has 0 saturated heterocycles. The number of rotatable bonds is 2. The Labute approximate surface area is 260 Å². The molecule has 6 nitrogen and oxygen atoms in total. The molecule has 218 valence electrons. The molecule has 0 saturated carbocycles. The maximum atomic E-state index is 6.83. The van der Waals surface area contributed by atoms with Crippen molar-refractivity contribution >= 4 is 16.6 Å². The molecule has 0 amide bonds. The zero-order valence-corrected chi connectivity index (χ0v) is 24.5. The largest absolute Gasteiger partial charge is 0.457 e. The Balaban J connectivity index is 1.24. The lowest BCUT2D eigenvalue weighted by Crippen LogP contribution is -2.37. The summed E-state index contributed by atoms with van der Waals surface area (Å²) in [5.74, 6) is 3.44. The molecule has 0 radical (unpaired) electrons. The third-order valence-electron chi connectivity index (χ3n) is 9.85. The molecule has 1 spiro atoms. The summed E-state index contributed by atoms with van der Waals surface area (Å²) >= 11 is 0. The summed E-state index contributed by atoms with van der Waals surface area (Å²) in [5.41, 5.74) is 9.81. The molecule has 0 aliphatic carbocycles. The van der Waals surface area contributed by atoms with Crippen molar-refractivity contribution < 1.29 is 9.47 Å². The topological polar surface area (TPSA) is 59.5 Å². The van der Waals surface area contributed by atoms with Crippen LogP contribution in [0, 0.1) is 0 Å². The van der Waals surface area contributed by atoms with Crippen molar-refractivity contribution in [3.8, 4) is 28.7 Å². The molecule has 6 heteroatoms. The van der Waals surface area contributed by atoms with Crippen LogP contribution in [0.25, 0.3) is 16.6 Å². The molecule has 0 bridgehead atoms. The van der Waals surface area contributed by atoms with Crippen LogP contribution in [0.1, 0.15) is 39.7 Å². The van der Waals surface area contributed by atoms with Crippen molar-refractivity contribution in [2.24, 2.45) is 0 Å². The Morgan fingerprint density at radius 1 is 0.689 bits per heavy atom. The highest BCUT2D eigenvalue weighted by Crippen LogP contribution is 2.61. The van der Waals surface area contributed by atoms with Crippen LogP contribution in [0.5, 0.6) is 23.0 Å². The SMILES string of the molecule is C1=CNC(c2ccc3c(c2)Oc2ccccc2C32c3ccccc3Oc3cc(-n4c5c(c6ccccc64)NCC5)ccc32)NC1. The van der Waals surface area contributed by atoms with Crippen LogP contribution in [0.3, 0.4) is 0 Å². The van der Waals surface area contributed by atoms with Crippen molar-refractivity contribution in [1.29, 1.82) is 0 Å². The normalized spacial score (nSPS) is 20.1. The van der Waals surface area contributed by atoms with Crippen LogP contribution < -0.4 is 25.4 Å². The van der Waals surface area contributed by atoms with Crippen molar-refractivity contribution in [3.05, 3.63) is 155 Å². The molecule has 5 heterocycles. The molecule has 5 aromatic carbocycles. The molecule has 2 atom stereocenters. The number of hydrogen-bond acceptors (Lipinski definition) is 5. The van der Waals surface area contributed by atoms with Gasteiger partial charge in [-0.2, -0.15) is 0 Å². The third-order valence-corrected chi connectivity index (χ3v) is 9.85. The average Bonchev–Trinajstić information content (AvgIpc) is 3.69. The summed E-state index contributed by atoms with van der Waals surface area (Å²) in [6.45, 7) is 1.77. The van der Waals surface area contributed by atoms with Crippen LogP contribution >= 0.6 is 0 Å². The zero-order valence-electron chi connectivity index (χ0n) is 24.5. The Bertz CT molecular complexity index is 2200. The van der Waals surface area contributed by atoms with Crippen molar-refractivity contribution in [2.75, 3.05) is 18.4 Å². The van der Waals surface area contributed by atoms with Gasteiger partial charge in [0.25, 0.3) is 0 Å². The summed E-state index contributed by atoms with van der Waals surface area (Å²) in [5, 5.41) is 11.9. The molecule has 10 rings (SSSR count). The summed E-state index contributed by atoms with van der Waals surface area (Å²) in [4.78, 5) is 0. The minimum atomic E-state index is -0.624. The number of hydrogen-bond donors (Lipinski definition) is 3. The first kappa shape index (κ1) is 24.9. The minimum Gasteiger partial charge on any atom is -0.457 e. The summed E-state index contributed by atoms with van der Waals surface area (Å²) < 4.78 is 16.0. The van der Waals surface area contributed by atoms with Gasteiger partial charge in [-0.3, -0.25) is 5.32 Å². The van der Waals surface area contributed by atoms with E-state index in [0.29, 0.717) is 0 Å². The van der Waals surface area contributed by atoms with Crippen LogP contribution in [-0.4, -0.2) is 17.7 Å². The number of para-hydroxylation sites is 3. The lowest BCUT2D eigenvalue weighted by atomic mass is 9.62. The number of fused-ring (bicyclic) bond motifs is 11. The van der Waals surface area contributed by atoms with E-state index in [4.69, 9.17) is 9.47 Å². The predicted octanol–water partition coefficient (Wildman–Crippen LogP) is 7.90. The molecule has 2 unspecified atom stereocenters. The van der Waals surface area contributed by atoms with E-state index in [0.717, 1.165) is 76.0 Å². The van der Waals surface area contributed by atoms with Gasteiger partial charge in [0.2, 0.25) is 0 Å². The molecule has 4 aliphatic heterocycles. The second kappa shape index (κ2) is 9.27. The Morgan fingerprint density at radius 3 is 2.16 bits per heavy atom. The number of benzene rings is 5. The van der Waals surface area contributed by atoms with Crippen molar-refractivity contribution in [1.82, 2.24) is 15.2 Å². The van der Waals surface area contributed by atoms with Gasteiger partial charge in [-0.05, 0) is 42.1 Å². The molecule has 1 aromatic heterocycles. The zero-order chi connectivity index (χ0) is 29.5. The van der Waals surface area contributed by atoms with Crippen LogP contribution in [0.2, 0.25) is 0 Å². The molecule has 0 fully saturated rings. The predicted molar refractivity (Wildman–Crippen MR) is 177 cm³/mol. The fourth-order valence-electron chi connectivity index (χ4n) is 8.01. The van der Waals surface area contributed by atoms with Gasteiger partial charge < -0.3 is 24.7 Å². The summed E-state index contributed by atoms with van der Waals surface area (Å²) in [7, 11) is 0. The first-order valence-corrected chi connectivity index (χ1v) is 15.7. The number of nitrogens with zero attached hydrogens (tertiary/aromatic N) is 1. The molecule has 4 aliphatic rings. The first-order chi connectivity index (χ1) is 22.3. The third kappa shape index (κ3) is 3.37. The molecular formula is C39H30N4O2. The van der Waals surface area contributed by atoms with Gasteiger partial charge in [0.15, 0.2) is 0 Å². The van der Waals surface area contributed by atoms with Gasteiger partial charge in [0, 0.05) is 64.6 Å². The quantitative estimate of drug-likeness (QED) is 0.192. The van der Waals surface area contributed by atoms with Gasteiger partial charge in [0.1, 0.15) is 29.2 Å². The van der Waals surface area contributed by atoms with Crippen LogP contribution in [-0.2, 0) is 11.8 Å². The maximum absolute atomic E-state index is 6.83. The van der Waals surface area contributed by atoms with Crippen LogP contribution in [0.4, 0.5) is 5.69 Å². The summed E-state index contributed by atoms with van der Waals surface area (Å²) in [6, 6.07) is 39.0. The van der Waals surface area contributed by atoms with Gasteiger partial charge >= 0.3 is 0 Å². The van der Waals surface area contributed by atoms with E-state index in [2.05, 4.69) is 136 Å². The van der Waals surface area contributed by atoms with E-state index >= 15 is 0 Å². The summed E-state index contributed by atoms with van der Waals surface area (Å²) in [6.07, 6.45) is 5.10. The van der Waals surface area contributed by atoms with E-state index in [-0.39, 0.29) is 6.17 Å². The first-order valence-electron chi connectivity index (χ1n) is 15.7. The molecule has 3 N–H and O–H groups in total. The lowest BCUT2D eigenvalue weighted by Gasteiger charge is -2.45. The van der Waals surface area contributed by atoms with Gasteiger partial charge in [0.05, 0.1) is 16.6 Å². The highest BCUT2D eigenvalue weighted by atomic mass is 16.5. The van der Waals surface area contributed by atoms with Gasteiger partial charge in [-0.15, -0.1) is 0 Å². The Morgan fingerprint density at radius 2 is 1.38 bits per heavy atom.